The van der Waals surface area contributed by atoms with Crippen molar-refractivity contribution < 1.29 is 22.6 Å². The fourth-order valence-corrected chi connectivity index (χ4v) is 4.75. The number of nitrogens with one attached hydrogen (secondary N) is 1. The first-order chi connectivity index (χ1) is 13.2. The van der Waals surface area contributed by atoms with Crippen LogP contribution in [0.25, 0.3) is 0 Å². The molecule has 0 bridgehead atoms. The Kier molecular flexibility index (Phi) is 7.32. The average molecular weight is 408 g/mol. The number of hydrogen-bond donors (Lipinski definition) is 1. The molecule has 0 unspecified atom stereocenters. The SMILES string of the molecule is CCOc1ccc(CCNS(=O)(=O)c2c(C)cc(OC)c(C)c2C)cc1OC. The van der Waals surface area contributed by atoms with Gasteiger partial charge in [0.1, 0.15) is 5.75 Å². The van der Waals surface area contributed by atoms with Crippen molar-refractivity contribution in [2.45, 2.75) is 39.0 Å². The number of aryl methyl sites for hydroxylation is 1. The Hall–Kier alpha value is -2.25. The van der Waals surface area contributed by atoms with Crippen molar-refractivity contribution in [3.8, 4) is 17.2 Å². The van der Waals surface area contributed by atoms with Crippen molar-refractivity contribution in [2.24, 2.45) is 0 Å². The van der Waals surface area contributed by atoms with Gasteiger partial charge in [0.25, 0.3) is 0 Å². The number of rotatable bonds is 9. The molecule has 2 aromatic carbocycles. The summed E-state index contributed by atoms with van der Waals surface area (Å²) in [5.74, 6) is 2.00. The van der Waals surface area contributed by atoms with E-state index >= 15 is 0 Å². The van der Waals surface area contributed by atoms with Gasteiger partial charge in [0, 0.05) is 6.54 Å². The maximum Gasteiger partial charge on any atom is 0.241 e. The standard InChI is InChI=1S/C21H29NO5S/c1-7-27-18-9-8-17(13-20(18)26-6)10-11-22-28(23,24)21-14(2)12-19(25-5)15(3)16(21)4/h8-9,12-13,22H,7,10-11H2,1-6H3. The van der Waals surface area contributed by atoms with E-state index in [-0.39, 0.29) is 6.54 Å². The summed E-state index contributed by atoms with van der Waals surface area (Å²) < 4.78 is 44.6. The Morgan fingerprint density at radius 2 is 1.61 bits per heavy atom. The zero-order valence-electron chi connectivity index (χ0n) is 17.4. The molecule has 0 radical (unpaired) electrons. The summed E-state index contributed by atoms with van der Waals surface area (Å²) in [6.07, 6.45) is 0.537. The molecule has 0 saturated heterocycles. The van der Waals surface area contributed by atoms with Gasteiger partial charge in [0.05, 0.1) is 25.7 Å². The van der Waals surface area contributed by atoms with Gasteiger partial charge in [-0.1, -0.05) is 6.07 Å². The molecule has 2 aromatic rings. The van der Waals surface area contributed by atoms with Crippen molar-refractivity contribution in [1.82, 2.24) is 4.72 Å². The zero-order valence-corrected chi connectivity index (χ0v) is 18.2. The van der Waals surface area contributed by atoms with Gasteiger partial charge in [0.2, 0.25) is 10.0 Å². The summed E-state index contributed by atoms with van der Waals surface area (Å²) in [5, 5.41) is 0. The highest BCUT2D eigenvalue weighted by atomic mass is 32.2. The highest BCUT2D eigenvalue weighted by Crippen LogP contribution is 2.31. The van der Waals surface area contributed by atoms with Gasteiger partial charge < -0.3 is 14.2 Å². The summed E-state index contributed by atoms with van der Waals surface area (Å²) in [6, 6.07) is 7.38. The lowest BCUT2D eigenvalue weighted by molar-refractivity contribution is 0.310. The molecule has 2 rings (SSSR count). The molecule has 0 spiro atoms. The molecule has 0 atom stereocenters. The molecule has 0 aliphatic rings. The third-order valence-electron chi connectivity index (χ3n) is 4.70. The second kappa shape index (κ2) is 9.30. The molecule has 154 valence electrons. The highest BCUT2D eigenvalue weighted by molar-refractivity contribution is 7.89. The molecule has 7 heteroatoms. The fraction of sp³-hybridized carbons (Fsp3) is 0.429. The molecule has 0 saturated carbocycles. The van der Waals surface area contributed by atoms with Crippen LogP contribution >= 0.6 is 0 Å². The number of ether oxygens (including phenoxy) is 3. The first kappa shape index (κ1) is 22.0. The summed E-state index contributed by atoms with van der Waals surface area (Å²) in [7, 11) is -0.466. The van der Waals surface area contributed by atoms with E-state index in [1.807, 2.05) is 32.0 Å². The Balaban J connectivity index is 2.16. The summed E-state index contributed by atoms with van der Waals surface area (Å²) in [5.41, 5.74) is 3.15. The van der Waals surface area contributed by atoms with Crippen LogP contribution in [0, 0.1) is 20.8 Å². The Labute approximate surface area is 167 Å². The third kappa shape index (κ3) is 4.77. The lowest BCUT2D eigenvalue weighted by Crippen LogP contribution is -2.27. The lowest BCUT2D eigenvalue weighted by atomic mass is 10.1. The second-order valence-electron chi connectivity index (χ2n) is 6.54. The minimum atomic E-state index is -3.63. The first-order valence-corrected chi connectivity index (χ1v) is 10.7. The van der Waals surface area contributed by atoms with Gasteiger partial charge in [-0.05, 0) is 74.6 Å². The summed E-state index contributed by atoms with van der Waals surface area (Å²) >= 11 is 0. The summed E-state index contributed by atoms with van der Waals surface area (Å²) in [4.78, 5) is 0.315. The van der Waals surface area contributed by atoms with Crippen molar-refractivity contribution >= 4 is 10.0 Å². The van der Waals surface area contributed by atoms with Gasteiger partial charge in [-0.25, -0.2) is 13.1 Å². The lowest BCUT2D eigenvalue weighted by Gasteiger charge is -2.17. The molecule has 0 amide bonds. The smallest absolute Gasteiger partial charge is 0.241 e. The molecular weight excluding hydrogens is 378 g/mol. The Morgan fingerprint density at radius 3 is 2.21 bits per heavy atom. The van der Waals surface area contributed by atoms with Crippen LogP contribution in [-0.2, 0) is 16.4 Å². The molecule has 0 aliphatic carbocycles. The van der Waals surface area contributed by atoms with Gasteiger partial charge in [0.15, 0.2) is 11.5 Å². The first-order valence-electron chi connectivity index (χ1n) is 9.19. The van der Waals surface area contributed by atoms with Crippen LogP contribution in [0.3, 0.4) is 0 Å². The van der Waals surface area contributed by atoms with Gasteiger partial charge in [-0.2, -0.15) is 0 Å². The minimum absolute atomic E-state index is 0.281. The van der Waals surface area contributed by atoms with E-state index in [9.17, 15) is 8.42 Å². The van der Waals surface area contributed by atoms with E-state index in [4.69, 9.17) is 14.2 Å². The molecule has 0 aromatic heterocycles. The molecule has 0 fully saturated rings. The van der Waals surface area contributed by atoms with Crippen LogP contribution in [0.15, 0.2) is 29.2 Å². The van der Waals surface area contributed by atoms with Crippen LogP contribution in [0.5, 0.6) is 17.2 Å². The zero-order chi connectivity index (χ0) is 20.9. The monoisotopic (exact) mass is 407 g/mol. The minimum Gasteiger partial charge on any atom is -0.496 e. The predicted molar refractivity (Wildman–Crippen MR) is 110 cm³/mol. The van der Waals surface area contributed by atoms with E-state index in [1.54, 1.807) is 34.1 Å². The van der Waals surface area contributed by atoms with Crippen LogP contribution < -0.4 is 18.9 Å². The number of benzene rings is 2. The third-order valence-corrected chi connectivity index (χ3v) is 6.45. The molecule has 1 N–H and O–H groups in total. The van der Waals surface area contributed by atoms with E-state index in [1.165, 1.54) is 0 Å². The van der Waals surface area contributed by atoms with Crippen molar-refractivity contribution in [3.05, 3.63) is 46.5 Å². The highest BCUT2D eigenvalue weighted by Gasteiger charge is 2.22. The number of hydrogen-bond acceptors (Lipinski definition) is 5. The van der Waals surface area contributed by atoms with Crippen LogP contribution in [-0.4, -0.2) is 35.8 Å². The summed E-state index contributed by atoms with van der Waals surface area (Å²) in [6.45, 7) is 8.18. The quantitative estimate of drug-likeness (QED) is 0.688. The molecule has 0 heterocycles. The Morgan fingerprint density at radius 1 is 0.929 bits per heavy atom. The van der Waals surface area contributed by atoms with Crippen LogP contribution in [0.2, 0.25) is 0 Å². The maximum absolute atomic E-state index is 12.9. The van der Waals surface area contributed by atoms with Crippen molar-refractivity contribution in [3.63, 3.8) is 0 Å². The van der Waals surface area contributed by atoms with E-state index in [0.717, 1.165) is 11.1 Å². The van der Waals surface area contributed by atoms with Gasteiger partial charge in [-0.15, -0.1) is 0 Å². The van der Waals surface area contributed by atoms with Crippen molar-refractivity contribution in [2.75, 3.05) is 27.4 Å². The topological polar surface area (TPSA) is 73.9 Å². The molecule has 6 nitrogen and oxygen atoms in total. The second-order valence-corrected chi connectivity index (χ2v) is 8.24. The van der Waals surface area contributed by atoms with Gasteiger partial charge >= 0.3 is 0 Å². The number of methoxy groups -OCH3 is 2. The largest absolute Gasteiger partial charge is 0.496 e. The van der Waals surface area contributed by atoms with E-state index < -0.39 is 10.0 Å². The fourth-order valence-electron chi connectivity index (χ4n) is 3.19. The average Bonchev–Trinajstić information content (AvgIpc) is 2.65. The molecule has 28 heavy (non-hydrogen) atoms. The van der Waals surface area contributed by atoms with E-state index in [2.05, 4.69) is 4.72 Å². The van der Waals surface area contributed by atoms with Crippen LogP contribution in [0.1, 0.15) is 29.2 Å². The molecular formula is C21H29NO5S. The normalized spacial score (nSPS) is 11.4. The van der Waals surface area contributed by atoms with Crippen LogP contribution in [0.4, 0.5) is 0 Å². The predicted octanol–water partition coefficient (Wildman–Crippen LogP) is 3.55. The Bertz CT molecular complexity index is 938. The van der Waals surface area contributed by atoms with Gasteiger partial charge in [-0.3, -0.25) is 0 Å². The maximum atomic E-state index is 12.9. The molecule has 0 aliphatic heterocycles. The van der Waals surface area contributed by atoms with Crippen molar-refractivity contribution in [1.29, 1.82) is 0 Å². The van der Waals surface area contributed by atoms with E-state index in [0.29, 0.717) is 46.3 Å². The number of sulfonamides is 1.